The van der Waals surface area contributed by atoms with Crippen LogP contribution < -0.4 is 4.90 Å². The number of hydrogen-bond donors (Lipinski definition) is 1. The molecule has 6 heteroatoms. The predicted molar refractivity (Wildman–Crippen MR) is 74.0 cm³/mol. The number of nitrogens with zero attached hydrogens (tertiary/aromatic N) is 3. The second kappa shape index (κ2) is 5.32. The van der Waals surface area contributed by atoms with E-state index in [1.807, 2.05) is 13.0 Å². The molecule has 20 heavy (non-hydrogen) atoms. The first-order valence-electron chi connectivity index (χ1n) is 6.23. The smallest absolute Gasteiger partial charge is 0.339 e. The second-order valence-corrected chi connectivity index (χ2v) is 4.77. The zero-order chi connectivity index (χ0) is 14.9. The third kappa shape index (κ3) is 2.49. The molecule has 0 saturated carbocycles. The van der Waals surface area contributed by atoms with Gasteiger partial charge < -0.3 is 14.4 Å². The standard InChI is InChI=1S/C14H17N3O3/c1-8-9(2)15-16-13(12(8)14(18)19)17(4)7-11-5-6-20-10(11)3/h5-6H,7H2,1-4H3,(H,18,19). The molecule has 0 unspecified atom stereocenters. The molecule has 0 saturated heterocycles. The summed E-state index contributed by atoms with van der Waals surface area (Å²) in [5, 5.41) is 17.4. The molecule has 0 amide bonds. The van der Waals surface area contributed by atoms with Crippen LogP contribution in [0.3, 0.4) is 0 Å². The van der Waals surface area contributed by atoms with Crippen molar-refractivity contribution in [1.82, 2.24) is 10.2 Å². The fourth-order valence-electron chi connectivity index (χ4n) is 2.02. The van der Waals surface area contributed by atoms with Gasteiger partial charge in [-0.3, -0.25) is 0 Å². The molecule has 6 nitrogen and oxygen atoms in total. The Bertz CT molecular complexity index is 649. The SMILES string of the molecule is Cc1nnc(N(C)Cc2ccoc2C)c(C(=O)O)c1C. The number of aromatic nitrogens is 2. The maximum Gasteiger partial charge on any atom is 0.339 e. The summed E-state index contributed by atoms with van der Waals surface area (Å²) in [5.74, 6) is 0.179. The van der Waals surface area contributed by atoms with Crippen molar-refractivity contribution in [3.05, 3.63) is 40.5 Å². The third-order valence-corrected chi connectivity index (χ3v) is 3.39. The van der Waals surface area contributed by atoms with Gasteiger partial charge in [-0.05, 0) is 32.4 Å². The number of hydrogen-bond acceptors (Lipinski definition) is 5. The maximum atomic E-state index is 11.5. The topological polar surface area (TPSA) is 79.5 Å². The van der Waals surface area contributed by atoms with E-state index >= 15 is 0 Å². The molecule has 1 N–H and O–H groups in total. The average Bonchev–Trinajstić information content (AvgIpc) is 2.77. The Kier molecular flexibility index (Phi) is 3.74. The van der Waals surface area contributed by atoms with Gasteiger partial charge in [0.25, 0.3) is 0 Å². The minimum absolute atomic E-state index is 0.196. The van der Waals surface area contributed by atoms with Crippen LogP contribution in [-0.4, -0.2) is 28.3 Å². The van der Waals surface area contributed by atoms with Crippen LogP contribution in [0.5, 0.6) is 0 Å². The first-order valence-corrected chi connectivity index (χ1v) is 6.23. The molecule has 106 valence electrons. The first kappa shape index (κ1) is 14.0. The molecular weight excluding hydrogens is 258 g/mol. The molecule has 2 rings (SSSR count). The lowest BCUT2D eigenvalue weighted by Crippen LogP contribution is -2.23. The number of aromatic carboxylic acids is 1. The fraction of sp³-hybridized carbons (Fsp3) is 0.357. The normalized spacial score (nSPS) is 10.6. The lowest BCUT2D eigenvalue weighted by atomic mass is 10.1. The van der Waals surface area contributed by atoms with E-state index in [-0.39, 0.29) is 5.56 Å². The van der Waals surface area contributed by atoms with Crippen molar-refractivity contribution in [2.45, 2.75) is 27.3 Å². The van der Waals surface area contributed by atoms with Gasteiger partial charge in [0.05, 0.1) is 12.0 Å². The van der Waals surface area contributed by atoms with Crippen molar-refractivity contribution in [2.75, 3.05) is 11.9 Å². The van der Waals surface area contributed by atoms with Gasteiger partial charge in [-0.15, -0.1) is 5.10 Å². The van der Waals surface area contributed by atoms with E-state index in [4.69, 9.17) is 4.42 Å². The van der Waals surface area contributed by atoms with Crippen LogP contribution in [0.4, 0.5) is 5.82 Å². The van der Waals surface area contributed by atoms with Crippen LogP contribution in [0.25, 0.3) is 0 Å². The van der Waals surface area contributed by atoms with Gasteiger partial charge in [0.15, 0.2) is 5.82 Å². The summed E-state index contributed by atoms with van der Waals surface area (Å²) in [6, 6.07) is 1.86. The zero-order valence-electron chi connectivity index (χ0n) is 12.0. The van der Waals surface area contributed by atoms with Crippen molar-refractivity contribution in [3.63, 3.8) is 0 Å². The van der Waals surface area contributed by atoms with Gasteiger partial charge in [-0.25, -0.2) is 4.79 Å². The molecule has 2 aromatic rings. The molecular formula is C14H17N3O3. The Balaban J connectivity index is 2.39. The van der Waals surface area contributed by atoms with E-state index in [1.54, 1.807) is 32.1 Å². The van der Waals surface area contributed by atoms with Crippen molar-refractivity contribution in [1.29, 1.82) is 0 Å². The van der Waals surface area contributed by atoms with Crippen molar-refractivity contribution >= 4 is 11.8 Å². The predicted octanol–water partition coefficient (Wildman–Crippen LogP) is 2.33. The number of carboxylic acids is 1. The number of rotatable bonds is 4. The summed E-state index contributed by atoms with van der Waals surface area (Å²) < 4.78 is 5.24. The van der Waals surface area contributed by atoms with Gasteiger partial charge in [0.1, 0.15) is 11.3 Å². The molecule has 0 aliphatic heterocycles. The largest absolute Gasteiger partial charge is 0.478 e. The van der Waals surface area contributed by atoms with E-state index < -0.39 is 5.97 Å². The molecule has 2 aromatic heterocycles. The molecule has 0 bridgehead atoms. The quantitative estimate of drug-likeness (QED) is 0.922. The molecule has 0 aliphatic carbocycles. The van der Waals surface area contributed by atoms with E-state index in [9.17, 15) is 9.90 Å². The average molecular weight is 275 g/mol. The van der Waals surface area contributed by atoms with Gasteiger partial charge in [0.2, 0.25) is 0 Å². The van der Waals surface area contributed by atoms with Crippen LogP contribution >= 0.6 is 0 Å². The highest BCUT2D eigenvalue weighted by atomic mass is 16.4. The summed E-state index contributed by atoms with van der Waals surface area (Å²) in [7, 11) is 1.79. The van der Waals surface area contributed by atoms with E-state index in [0.717, 1.165) is 11.3 Å². The third-order valence-electron chi connectivity index (χ3n) is 3.39. The minimum Gasteiger partial charge on any atom is -0.478 e. The Morgan fingerprint density at radius 2 is 2.05 bits per heavy atom. The van der Waals surface area contributed by atoms with Crippen molar-refractivity contribution in [3.8, 4) is 0 Å². The minimum atomic E-state index is -0.994. The summed E-state index contributed by atoms with van der Waals surface area (Å²) >= 11 is 0. The highest BCUT2D eigenvalue weighted by Gasteiger charge is 2.21. The Morgan fingerprint density at radius 3 is 2.60 bits per heavy atom. The highest BCUT2D eigenvalue weighted by Crippen LogP contribution is 2.23. The lowest BCUT2D eigenvalue weighted by Gasteiger charge is -2.20. The monoisotopic (exact) mass is 275 g/mol. The van der Waals surface area contributed by atoms with Crippen LogP contribution in [0.2, 0.25) is 0 Å². The maximum absolute atomic E-state index is 11.5. The first-order chi connectivity index (χ1) is 9.41. The Hall–Kier alpha value is -2.37. The zero-order valence-corrected chi connectivity index (χ0v) is 12.0. The summed E-state index contributed by atoms with van der Waals surface area (Å²) in [4.78, 5) is 13.2. The number of aryl methyl sites for hydroxylation is 2. The number of furan rings is 1. The summed E-state index contributed by atoms with van der Waals surface area (Å²) in [6.07, 6.45) is 1.61. The molecule has 0 aliphatic rings. The van der Waals surface area contributed by atoms with E-state index in [1.165, 1.54) is 0 Å². The number of carbonyl (C=O) groups is 1. The van der Waals surface area contributed by atoms with Crippen molar-refractivity contribution in [2.24, 2.45) is 0 Å². The van der Waals surface area contributed by atoms with Gasteiger partial charge in [-0.2, -0.15) is 5.10 Å². The summed E-state index contributed by atoms with van der Waals surface area (Å²) in [6.45, 7) is 5.87. The molecule has 2 heterocycles. The number of anilines is 1. The Morgan fingerprint density at radius 1 is 1.35 bits per heavy atom. The Labute approximate surface area is 117 Å². The molecule has 0 radical (unpaired) electrons. The van der Waals surface area contributed by atoms with Crippen LogP contribution in [0, 0.1) is 20.8 Å². The van der Waals surface area contributed by atoms with Gasteiger partial charge in [-0.1, -0.05) is 0 Å². The number of carboxylic acid groups (broad SMARTS) is 1. The van der Waals surface area contributed by atoms with Crippen LogP contribution in [0.15, 0.2) is 16.7 Å². The molecule has 0 spiro atoms. The molecule has 0 atom stereocenters. The second-order valence-electron chi connectivity index (χ2n) is 4.77. The van der Waals surface area contributed by atoms with E-state index in [2.05, 4.69) is 10.2 Å². The highest BCUT2D eigenvalue weighted by molar-refractivity contribution is 5.95. The van der Waals surface area contributed by atoms with Crippen LogP contribution in [0.1, 0.15) is 32.9 Å². The lowest BCUT2D eigenvalue weighted by molar-refractivity contribution is 0.0696. The van der Waals surface area contributed by atoms with Crippen LogP contribution in [-0.2, 0) is 6.54 Å². The van der Waals surface area contributed by atoms with Gasteiger partial charge >= 0.3 is 5.97 Å². The summed E-state index contributed by atoms with van der Waals surface area (Å²) in [5.41, 5.74) is 2.45. The fourth-order valence-corrected chi connectivity index (χ4v) is 2.02. The van der Waals surface area contributed by atoms with Crippen molar-refractivity contribution < 1.29 is 14.3 Å². The van der Waals surface area contributed by atoms with Gasteiger partial charge in [0, 0.05) is 19.2 Å². The molecule has 0 fully saturated rings. The molecule has 0 aromatic carbocycles. The van der Waals surface area contributed by atoms with E-state index in [0.29, 0.717) is 23.6 Å².